The highest BCUT2D eigenvalue weighted by molar-refractivity contribution is 7.13. The standard InChI is InChI=1S/C20H24Cl2N4O3S/c1-2-29-19(28)10-14-13-30-20(23-14)24-18(27)12-26-8-6-25(7-9-26)11-15-16(21)4-3-5-17(15)22/h3-5,13H,2,6-12H2,1H3,(H,23,24,27). The van der Waals surface area contributed by atoms with Crippen LogP contribution in [0.15, 0.2) is 23.6 Å². The summed E-state index contributed by atoms with van der Waals surface area (Å²) in [7, 11) is 0. The van der Waals surface area contributed by atoms with Crippen molar-refractivity contribution in [3.63, 3.8) is 0 Å². The van der Waals surface area contributed by atoms with E-state index in [2.05, 4.69) is 20.1 Å². The van der Waals surface area contributed by atoms with Crippen LogP contribution in [-0.4, -0.2) is 66.0 Å². The van der Waals surface area contributed by atoms with Crippen LogP contribution in [-0.2, 0) is 27.3 Å². The summed E-state index contributed by atoms with van der Waals surface area (Å²) in [6.07, 6.45) is 0.109. The third-order valence-electron chi connectivity index (χ3n) is 4.70. The summed E-state index contributed by atoms with van der Waals surface area (Å²) in [5.74, 6) is -0.439. The third kappa shape index (κ3) is 6.65. The highest BCUT2D eigenvalue weighted by Gasteiger charge is 2.21. The zero-order valence-corrected chi connectivity index (χ0v) is 19.0. The van der Waals surface area contributed by atoms with Gasteiger partial charge in [0.05, 0.1) is 25.3 Å². The maximum Gasteiger partial charge on any atom is 0.311 e. The predicted octanol–water partition coefficient (Wildman–Crippen LogP) is 3.31. The Morgan fingerprint density at radius 1 is 1.17 bits per heavy atom. The van der Waals surface area contributed by atoms with Gasteiger partial charge in [0.15, 0.2) is 5.13 Å². The van der Waals surface area contributed by atoms with E-state index >= 15 is 0 Å². The van der Waals surface area contributed by atoms with Crippen LogP contribution < -0.4 is 5.32 Å². The lowest BCUT2D eigenvalue weighted by Gasteiger charge is -2.34. The molecule has 0 radical (unpaired) electrons. The first-order chi connectivity index (χ1) is 14.4. The number of nitrogens with one attached hydrogen (secondary N) is 1. The van der Waals surface area contributed by atoms with Crippen molar-refractivity contribution < 1.29 is 14.3 Å². The van der Waals surface area contributed by atoms with Crippen molar-refractivity contribution in [2.75, 3.05) is 44.6 Å². The summed E-state index contributed by atoms with van der Waals surface area (Å²) in [5, 5.41) is 6.41. The van der Waals surface area contributed by atoms with Gasteiger partial charge < -0.3 is 10.1 Å². The molecule has 0 saturated carbocycles. The Hall–Kier alpha value is -1.71. The van der Waals surface area contributed by atoms with Crippen molar-refractivity contribution in [3.8, 4) is 0 Å². The highest BCUT2D eigenvalue weighted by Crippen LogP contribution is 2.26. The third-order valence-corrected chi connectivity index (χ3v) is 6.22. The second-order valence-corrected chi connectivity index (χ2v) is 8.60. The molecule has 0 bridgehead atoms. The molecule has 1 aromatic carbocycles. The van der Waals surface area contributed by atoms with E-state index in [1.165, 1.54) is 11.3 Å². The highest BCUT2D eigenvalue weighted by atomic mass is 35.5. The van der Waals surface area contributed by atoms with E-state index in [1.54, 1.807) is 12.3 Å². The van der Waals surface area contributed by atoms with E-state index in [9.17, 15) is 9.59 Å². The lowest BCUT2D eigenvalue weighted by atomic mass is 10.2. The minimum absolute atomic E-state index is 0.109. The quantitative estimate of drug-likeness (QED) is 0.596. The van der Waals surface area contributed by atoms with Crippen molar-refractivity contribution in [3.05, 3.63) is 44.9 Å². The molecule has 30 heavy (non-hydrogen) atoms. The first-order valence-electron chi connectivity index (χ1n) is 9.72. The lowest BCUT2D eigenvalue weighted by Crippen LogP contribution is -2.48. The Kier molecular flexibility index (Phi) is 8.47. The first kappa shape index (κ1) is 23.0. The molecule has 3 rings (SSSR count). The van der Waals surface area contributed by atoms with Gasteiger partial charge in [-0.15, -0.1) is 11.3 Å². The lowest BCUT2D eigenvalue weighted by molar-refractivity contribution is -0.142. The summed E-state index contributed by atoms with van der Waals surface area (Å²) >= 11 is 13.8. The fourth-order valence-corrected chi connectivity index (χ4v) is 4.42. The maximum absolute atomic E-state index is 12.4. The topological polar surface area (TPSA) is 74.8 Å². The second-order valence-electron chi connectivity index (χ2n) is 6.93. The number of piperazine rings is 1. The van der Waals surface area contributed by atoms with E-state index in [4.69, 9.17) is 27.9 Å². The summed E-state index contributed by atoms with van der Waals surface area (Å²) in [6.45, 7) is 6.31. The number of anilines is 1. The minimum atomic E-state index is -0.323. The normalized spacial score (nSPS) is 15.2. The van der Waals surface area contributed by atoms with Gasteiger partial charge in [-0.2, -0.15) is 0 Å². The molecule has 1 aliphatic rings. The minimum Gasteiger partial charge on any atom is -0.466 e. The molecule has 1 N–H and O–H groups in total. The van der Waals surface area contributed by atoms with Crippen LogP contribution in [0.2, 0.25) is 10.0 Å². The molecular weight excluding hydrogens is 447 g/mol. The average molecular weight is 471 g/mol. The SMILES string of the molecule is CCOC(=O)Cc1csc(NC(=O)CN2CCN(Cc3c(Cl)cccc3Cl)CC2)n1. The van der Waals surface area contributed by atoms with Crippen LogP contribution in [0.1, 0.15) is 18.2 Å². The largest absolute Gasteiger partial charge is 0.466 e. The molecule has 0 unspecified atom stereocenters. The van der Waals surface area contributed by atoms with Gasteiger partial charge in [0.1, 0.15) is 0 Å². The van der Waals surface area contributed by atoms with E-state index in [-0.39, 0.29) is 18.3 Å². The van der Waals surface area contributed by atoms with Crippen LogP contribution in [0, 0.1) is 0 Å². The zero-order valence-electron chi connectivity index (χ0n) is 16.7. The Balaban J connectivity index is 1.42. The summed E-state index contributed by atoms with van der Waals surface area (Å²) < 4.78 is 4.91. The molecule has 1 aromatic heterocycles. The number of hydrogen-bond donors (Lipinski definition) is 1. The van der Waals surface area contributed by atoms with Crippen LogP contribution in [0.25, 0.3) is 0 Å². The van der Waals surface area contributed by atoms with Crippen LogP contribution in [0.3, 0.4) is 0 Å². The van der Waals surface area contributed by atoms with Crippen molar-refractivity contribution in [2.24, 2.45) is 0 Å². The fourth-order valence-electron chi connectivity index (χ4n) is 3.18. The maximum atomic E-state index is 12.4. The number of hydrogen-bond acceptors (Lipinski definition) is 7. The van der Waals surface area contributed by atoms with Gasteiger partial charge in [0.25, 0.3) is 0 Å². The number of aromatic nitrogens is 1. The molecule has 1 aliphatic heterocycles. The van der Waals surface area contributed by atoms with Gasteiger partial charge in [-0.3, -0.25) is 19.4 Å². The van der Waals surface area contributed by atoms with E-state index in [0.717, 1.165) is 31.7 Å². The number of halogens is 2. The molecule has 162 valence electrons. The monoisotopic (exact) mass is 470 g/mol. The molecule has 0 atom stereocenters. The molecule has 2 heterocycles. The first-order valence-corrected chi connectivity index (χ1v) is 11.4. The second kappa shape index (κ2) is 11.1. The van der Waals surface area contributed by atoms with E-state index < -0.39 is 0 Å². The van der Waals surface area contributed by atoms with Crippen molar-refractivity contribution in [1.82, 2.24) is 14.8 Å². The van der Waals surface area contributed by atoms with Crippen molar-refractivity contribution >= 4 is 51.5 Å². The molecule has 1 saturated heterocycles. The van der Waals surface area contributed by atoms with Gasteiger partial charge in [0.2, 0.25) is 5.91 Å². The fraction of sp³-hybridized carbons (Fsp3) is 0.450. The summed E-state index contributed by atoms with van der Waals surface area (Å²) in [5.41, 5.74) is 1.54. The average Bonchev–Trinajstić information content (AvgIpc) is 3.12. The number of thiazole rings is 1. The van der Waals surface area contributed by atoms with Gasteiger partial charge in [0, 0.05) is 53.7 Å². The predicted molar refractivity (Wildman–Crippen MR) is 119 cm³/mol. The number of carbonyl (C=O) groups excluding carboxylic acids is 2. The van der Waals surface area contributed by atoms with Gasteiger partial charge >= 0.3 is 5.97 Å². The smallest absolute Gasteiger partial charge is 0.311 e. The van der Waals surface area contributed by atoms with Crippen LogP contribution in [0.5, 0.6) is 0 Å². The summed E-state index contributed by atoms with van der Waals surface area (Å²) in [6, 6.07) is 5.53. The Bertz CT molecular complexity index is 864. The molecule has 2 aromatic rings. The Morgan fingerprint density at radius 2 is 1.83 bits per heavy atom. The Morgan fingerprint density at radius 3 is 2.50 bits per heavy atom. The number of ether oxygens (including phenoxy) is 1. The number of rotatable bonds is 8. The molecule has 1 amide bonds. The number of carbonyl (C=O) groups is 2. The molecule has 1 fully saturated rings. The van der Waals surface area contributed by atoms with E-state index in [0.29, 0.717) is 40.6 Å². The Labute approximate surface area is 189 Å². The summed E-state index contributed by atoms with van der Waals surface area (Å²) in [4.78, 5) is 32.5. The van der Waals surface area contributed by atoms with E-state index in [1.807, 2.05) is 18.2 Å². The van der Waals surface area contributed by atoms with Gasteiger partial charge in [-0.1, -0.05) is 29.3 Å². The van der Waals surface area contributed by atoms with Gasteiger partial charge in [-0.05, 0) is 19.1 Å². The zero-order chi connectivity index (χ0) is 21.5. The molecule has 7 nitrogen and oxygen atoms in total. The number of esters is 1. The van der Waals surface area contributed by atoms with Crippen LogP contribution >= 0.6 is 34.5 Å². The number of nitrogens with zero attached hydrogens (tertiary/aromatic N) is 3. The van der Waals surface area contributed by atoms with Crippen molar-refractivity contribution in [2.45, 2.75) is 19.9 Å². The number of amides is 1. The number of benzene rings is 1. The molecule has 0 aliphatic carbocycles. The van der Waals surface area contributed by atoms with Crippen LogP contribution in [0.4, 0.5) is 5.13 Å². The molecule has 0 spiro atoms. The van der Waals surface area contributed by atoms with Gasteiger partial charge in [-0.25, -0.2) is 4.98 Å². The van der Waals surface area contributed by atoms with Crippen molar-refractivity contribution in [1.29, 1.82) is 0 Å². The molecule has 10 heteroatoms. The molecular formula is C20H24Cl2N4O3S.